The second kappa shape index (κ2) is 6.39. The van der Waals surface area contributed by atoms with Crippen LogP contribution >= 0.6 is 0 Å². The Hall–Kier alpha value is -2.69. The Bertz CT molecular complexity index is 658. The lowest BCUT2D eigenvalue weighted by molar-refractivity contribution is 0.0913. The maximum absolute atomic E-state index is 12.2. The number of ether oxygens (including phenoxy) is 2. The molecule has 0 fully saturated rings. The van der Waals surface area contributed by atoms with Gasteiger partial charge in [0.15, 0.2) is 0 Å². The monoisotopic (exact) mass is 298 g/mol. The molecule has 2 aromatic carbocycles. The fourth-order valence-electron chi connectivity index (χ4n) is 2.35. The molecule has 22 heavy (non-hydrogen) atoms. The molecule has 114 valence electrons. The second-order valence-corrected chi connectivity index (χ2v) is 5.18. The van der Waals surface area contributed by atoms with Crippen molar-refractivity contribution < 1.29 is 14.3 Å². The molecule has 1 heterocycles. The zero-order valence-corrected chi connectivity index (χ0v) is 12.2. The third kappa shape index (κ3) is 3.31. The molecule has 0 bridgehead atoms. The van der Waals surface area contributed by atoms with Gasteiger partial charge in [-0.3, -0.25) is 0 Å². The predicted molar refractivity (Wildman–Crippen MR) is 83.4 cm³/mol. The van der Waals surface area contributed by atoms with Crippen LogP contribution in [0.4, 0.5) is 10.5 Å². The van der Waals surface area contributed by atoms with Crippen LogP contribution in [-0.4, -0.2) is 24.1 Å². The van der Waals surface area contributed by atoms with Crippen LogP contribution in [0.2, 0.25) is 0 Å². The number of nitrogens with zero attached hydrogens (tertiary/aromatic N) is 1. The van der Waals surface area contributed by atoms with Gasteiger partial charge in [0.25, 0.3) is 0 Å². The molecule has 0 aromatic heterocycles. The maximum atomic E-state index is 12.2. The molecule has 0 atom stereocenters. The van der Waals surface area contributed by atoms with E-state index in [0.717, 1.165) is 16.9 Å². The predicted octanol–water partition coefficient (Wildman–Crippen LogP) is 2.80. The molecule has 5 nitrogen and oxygen atoms in total. The minimum atomic E-state index is -0.336. The van der Waals surface area contributed by atoms with Crippen LogP contribution in [0, 0.1) is 0 Å². The Labute approximate surface area is 129 Å². The Kier molecular flexibility index (Phi) is 4.14. The van der Waals surface area contributed by atoms with E-state index in [1.54, 1.807) is 17.0 Å². The summed E-state index contributed by atoms with van der Waals surface area (Å²) in [5, 5.41) is 0. The van der Waals surface area contributed by atoms with E-state index in [9.17, 15) is 4.79 Å². The van der Waals surface area contributed by atoms with E-state index in [2.05, 4.69) is 0 Å². The molecular weight excluding hydrogens is 280 g/mol. The molecule has 0 spiro atoms. The highest BCUT2D eigenvalue weighted by Crippen LogP contribution is 2.25. The van der Waals surface area contributed by atoms with Crippen molar-refractivity contribution >= 4 is 11.8 Å². The number of nitrogens with two attached hydrogens (primary N) is 1. The van der Waals surface area contributed by atoms with Gasteiger partial charge in [0.05, 0.1) is 13.1 Å². The van der Waals surface area contributed by atoms with Crippen LogP contribution in [0.15, 0.2) is 48.5 Å². The van der Waals surface area contributed by atoms with Crippen LogP contribution in [0.25, 0.3) is 0 Å². The fraction of sp³-hybridized carbons (Fsp3) is 0.235. The van der Waals surface area contributed by atoms with Crippen LogP contribution in [-0.2, 0) is 17.9 Å². The molecular formula is C17H18N2O3. The summed E-state index contributed by atoms with van der Waals surface area (Å²) in [6.07, 6.45) is -0.336. The van der Waals surface area contributed by atoms with Gasteiger partial charge in [-0.1, -0.05) is 36.4 Å². The Morgan fingerprint density at radius 1 is 1.23 bits per heavy atom. The number of anilines is 1. The zero-order valence-electron chi connectivity index (χ0n) is 12.2. The van der Waals surface area contributed by atoms with E-state index in [4.69, 9.17) is 15.2 Å². The van der Waals surface area contributed by atoms with Crippen molar-refractivity contribution in [2.24, 2.45) is 0 Å². The highest BCUT2D eigenvalue weighted by Gasteiger charge is 2.21. The molecule has 0 saturated carbocycles. The molecule has 2 N–H and O–H groups in total. The van der Waals surface area contributed by atoms with Gasteiger partial charge in [0.1, 0.15) is 19.0 Å². The minimum Gasteiger partial charge on any atom is -0.491 e. The number of benzene rings is 2. The average molecular weight is 298 g/mol. The average Bonchev–Trinajstić information content (AvgIpc) is 2.75. The number of carbonyl (C=O) groups is 1. The summed E-state index contributed by atoms with van der Waals surface area (Å²) < 4.78 is 11.0. The summed E-state index contributed by atoms with van der Waals surface area (Å²) in [5.41, 5.74) is 8.31. The first-order chi connectivity index (χ1) is 10.7. The summed E-state index contributed by atoms with van der Waals surface area (Å²) in [6.45, 7) is 1.65. The highest BCUT2D eigenvalue weighted by molar-refractivity contribution is 5.68. The van der Waals surface area contributed by atoms with Crippen molar-refractivity contribution in [1.82, 2.24) is 4.90 Å². The smallest absolute Gasteiger partial charge is 0.410 e. The molecule has 0 aliphatic carbocycles. The van der Waals surface area contributed by atoms with Gasteiger partial charge in [-0.25, -0.2) is 4.79 Å². The van der Waals surface area contributed by atoms with Crippen molar-refractivity contribution in [2.45, 2.75) is 13.2 Å². The summed E-state index contributed by atoms with van der Waals surface area (Å²) in [5.74, 6) is 0.735. The second-order valence-electron chi connectivity index (χ2n) is 5.18. The summed E-state index contributed by atoms with van der Waals surface area (Å²) >= 11 is 0. The molecule has 0 saturated heterocycles. The standard InChI is InChI=1S/C17H18N2O3/c18-15-7-6-14-11-19(8-9-21-16(14)10-15)17(20)22-12-13-4-2-1-3-5-13/h1-7,10H,8-9,11-12,18H2. The number of carbonyl (C=O) groups excluding carboxylic acids is 1. The topological polar surface area (TPSA) is 64.8 Å². The lowest BCUT2D eigenvalue weighted by Gasteiger charge is -2.19. The molecule has 3 rings (SSSR count). The van der Waals surface area contributed by atoms with E-state index >= 15 is 0 Å². The minimum absolute atomic E-state index is 0.269. The third-order valence-corrected chi connectivity index (χ3v) is 3.53. The molecule has 2 aromatic rings. The highest BCUT2D eigenvalue weighted by atomic mass is 16.6. The number of amides is 1. The van der Waals surface area contributed by atoms with E-state index in [-0.39, 0.29) is 12.7 Å². The number of hydrogen-bond acceptors (Lipinski definition) is 4. The number of hydrogen-bond donors (Lipinski definition) is 1. The molecule has 1 amide bonds. The SMILES string of the molecule is Nc1ccc2c(c1)OCCN(C(=O)OCc1ccccc1)C2. The van der Waals surface area contributed by atoms with E-state index in [0.29, 0.717) is 25.4 Å². The zero-order chi connectivity index (χ0) is 15.4. The largest absolute Gasteiger partial charge is 0.491 e. The lowest BCUT2D eigenvalue weighted by Crippen LogP contribution is -2.32. The normalized spacial score (nSPS) is 13.7. The molecule has 1 aliphatic heterocycles. The van der Waals surface area contributed by atoms with Crippen LogP contribution in [0.1, 0.15) is 11.1 Å². The maximum Gasteiger partial charge on any atom is 0.410 e. The Morgan fingerprint density at radius 3 is 2.86 bits per heavy atom. The van der Waals surface area contributed by atoms with Gasteiger partial charge in [-0.15, -0.1) is 0 Å². The van der Waals surface area contributed by atoms with Crippen molar-refractivity contribution in [3.05, 3.63) is 59.7 Å². The van der Waals surface area contributed by atoms with Crippen LogP contribution < -0.4 is 10.5 Å². The van der Waals surface area contributed by atoms with E-state index < -0.39 is 0 Å². The van der Waals surface area contributed by atoms with Crippen molar-refractivity contribution in [1.29, 1.82) is 0 Å². The Balaban J connectivity index is 1.64. The van der Waals surface area contributed by atoms with Gasteiger partial charge >= 0.3 is 6.09 Å². The first-order valence-corrected chi connectivity index (χ1v) is 7.19. The van der Waals surface area contributed by atoms with Crippen LogP contribution in [0.5, 0.6) is 5.75 Å². The molecule has 1 aliphatic rings. The quantitative estimate of drug-likeness (QED) is 0.866. The summed E-state index contributed by atoms with van der Waals surface area (Å²) in [4.78, 5) is 13.9. The first-order valence-electron chi connectivity index (χ1n) is 7.19. The van der Waals surface area contributed by atoms with Crippen molar-refractivity contribution in [3.63, 3.8) is 0 Å². The first kappa shape index (κ1) is 14.3. The summed E-state index contributed by atoms with van der Waals surface area (Å²) in [6, 6.07) is 15.1. The van der Waals surface area contributed by atoms with Gasteiger partial charge in [0.2, 0.25) is 0 Å². The fourth-order valence-corrected chi connectivity index (χ4v) is 2.35. The van der Waals surface area contributed by atoms with E-state index in [1.165, 1.54) is 0 Å². The Morgan fingerprint density at radius 2 is 2.05 bits per heavy atom. The number of rotatable bonds is 2. The van der Waals surface area contributed by atoms with Gasteiger partial charge in [-0.05, 0) is 11.6 Å². The lowest BCUT2D eigenvalue weighted by atomic mass is 10.2. The van der Waals surface area contributed by atoms with Crippen molar-refractivity contribution in [2.75, 3.05) is 18.9 Å². The van der Waals surface area contributed by atoms with Gasteiger partial charge in [0, 0.05) is 17.3 Å². The summed E-state index contributed by atoms with van der Waals surface area (Å²) in [7, 11) is 0. The molecule has 5 heteroatoms. The van der Waals surface area contributed by atoms with Crippen LogP contribution in [0.3, 0.4) is 0 Å². The molecule has 0 radical (unpaired) electrons. The number of nitrogen functional groups attached to an aromatic ring is 1. The number of fused-ring (bicyclic) bond motifs is 1. The van der Waals surface area contributed by atoms with Gasteiger partial charge < -0.3 is 20.1 Å². The van der Waals surface area contributed by atoms with E-state index in [1.807, 2.05) is 36.4 Å². The van der Waals surface area contributed by atoms with Crippen molar-refractivity contribution in [3.8, 4) is 5.75 Å². The third-order valence-electron chi connectivity index (χ3n) is 3.53. The van der Waals surface area contributed by atoms with Gasteiger partial charge in [-0.2, -0.15) is 0 Å². The molecule has 0 unspecified atom stereocenters.